The number of thiophene rings is 1. The van der Waals surface area contributed by atoms with Crippen molar-refractivity contribution in [3.05, 3.63) is 179 Å². The van der Waals surface area contributed by atoms with E-state index in [0.717, 1.165) is 78.0 Å². The maximum atomic E-state index is 5.39. The molecule has 0 N–H and O–H groups in total. The lowest BCUT2D eigenvalue weighted by molar-refractivity contribution is 0.414. The van der Waals surface area contributed by atoms with Crippen molar-refractivity contribution < 1.29 is 18.9 Å². The highest BCUT2D eigenvalue weighted by molar-refractivity contribution is 7.13. The third-order valence-corrected chi connectivity index (χ3v) is 9.76. The van der Waals surface area contributed by atoms with Gasteiger partial charge in [0.15, 0.2) is 0 Å². The standard InChI is InChI=1S/C48H38N2O4S/c1-51-43-23-15-39(16-24-43)49(40-17-25-44(52-2)26-18-40)37-11-5-35(6-12-37)9-31-47-33-34-48(55-47)32-10-36-7-13-38(14-8-36)50(41-19-27-45(53-3)28-20-41)42-21-29-46(54-4)30-22-42/h5-8,11-30,33-34H,1-4H3. The normalized spacial score (nSPS) is 10.3. The van der Waals surface area contributed by atoms with Gasteiger partial charge in [-0.2, -0.15) is 0 Å². The molecule has 0 saturated heterocycles. The molecule has 0 radical (unpaired) electrons. The van der Waals surface area contributed by atoms with Crippen LogP contribution in [-0.4, -0.2) is 28.4 Å². The van der Waals surface area contributed by atoms with Crippen LogP contribution in [0.1, 0.15) is 20.9 Å². The third-order valence-electron chi connectivity index (χ3n) is 8.84. The van der Waals surface area contributed by atoms with Crippen molar-refractivity contribution in [1.29, 1.82) is 0 Å². The van der Waals surface area contributed by atoms with Crippen LogP contribution in [0.15, 0.2) is 158 Å². The number of hydrogen-bond acceptors (Lipinski definition) is 7. The zero-order valence-electron chi connectivity index (χ0n) is 30.9. The first kappa shape index (κ1) is 36.3. The molecule has 0 aliphatic heterocycles. The lowest BCUT2D eigenvalue weighted by Crippen LogP contribution is -2.09. The second-order valence-electron chi connectivity index (χ2n) is 12.2. The van der Waals surface area contributed by atoms with Crippen molar-refractivity contribution in [2.24, 2.45) is 0 Å². The molecule has 7 rings (SSSR count). The molecule has 0 atom stereocenters. The van der Waals surface area contributed by atoms with Crippen LogP contribution < -0.4 is 28.7 Å². The number of ether oxygens (including phenoxy) is 4. The van der Waals surface area contributed by atoms with Crippen LogP contribution >= 0.6 is 11.3 Å². The molecule has 7 heteroatoms. The number of benzene rings is 6. The Labute approximate surface area is 326 Å². The van der Waals surface area contributed by atoms with Gasteiger partial charge in [-0.15, -0.1) is 11.3 Å². The van der Waals surface area contributed by atoms with E-state index in [2.05, 4.69) is 57.7 Å². The molecule has 0 aliphatic rings. The monoisotopic (exact) mass is 738 g/mol. The molecule has 1 heterocycles. The van der Waals surface area contributed by atoms with Crippen molar-refractivity contribution in [2.45, 2.75) is 0 Å². The van der Waals surface area contributed by atoms with E-state index < -0.39 is 0 Å². The predicted molar refractivity (Wildman–Crippen MR) is 225 cm³/mol. The fourth-order valence-corrected chi connectivity index (χ4v) is 6.66. The van der Waals surface area contributed by atoms with Gasteiger partial charge < -0.3 is 28.7 Å². The van der Waals surface area contributed by atoms with Crippen LogP contribution in [0.4, 0.5) is 34.1 Å². The lowest BCUT2D eigenvalue weighted by Gasteiger charge is -2.25. The van der Waals surface area contributed by atoms with Crippen LogP contribution in [0.25, 0.3) is 0 Å². The fourth-order valence-electron chi connectivity index (χ4n) is 5.95. The maximum Gasteiger partial charge on any atom is 0.119 e. The van der Waals surface area contributed by atoms with Gasteiger partial charge in [0, 0.05) is 45.3 Å². The second kappa shape index (κ2) is 17.2. The smallest absolute Gasteiger partial charge is 0.119 e. The third kappa shape index (κ3) is 8.77. The van der Waals surface area contributed by atoms with Gasteiger partial charge in [-0.3, -0.25) is 0 Å². The van der Waals surface area contributed by atoms with Gasteiger partial charge in [0.1, 0.15) is 23.0 Å². The highest BCUT2D eigenvalue weighted by atomic mass is 32.1. The SMILES string of the molecule is COc1ccc(N(c2ccc(C#Cc3ccc(C#Cc4ccc(N(c5ccc(OC)cc5)c5ccc(OC)cc5)cc4)s3)cc2)c2ccc(OC)cc2)cc1. The highest BCUT2D eigenvalue weighted by Gasteiger charge is 2.14. The zero-order chi connectivity index (χ0) is 38.0. The minimum absolute atomic E-state index is 0.805. The summed E-state index contributed by atoms with van der Waals surface area (Å²) in [6, 6.07) is 52.6. The Hall–Kier alpha value is -7.06. The summed E-state index contributed by atoms with van der Waals surface area (Å²) in [5.41, 5.74) is 7.91. The minimum Gasteiger partial charge on any atom is -0.497 e. The molecule has 0 unspecified atom stereocenters. The van der Waals surface area contributed by atoms with Crippen molar-refractivity contribution in [3.8, 4) is 46.7 Å². The van der Waals surface area contributed by atoms with Crippen LogP contribution in [-0.2, 0) is 0 Å². The largest absolute Gasteiger partial charge is 0.497 e. The molecule has 55 heavy (non-hydrogen) atoms. The molecular formula is C48H38N2O4S. The van der Waals surface area contributed by atoms with Gasteiger partial charge in [0.25, 0.3) is 0 Å². The number of rotatable bonds is 10. The van der Waals surface area contributed by atoms with E-state index in [9.17, 15) is 0 Å². The van der Waals surface area contributed by atoms with E-state index in [1.54, 1.807) is 39.8 Å². The summed E-state index contributed by atoms with van der Waals surface area (Å²) in [4.78, 5) is 6.28. The van der Waals surface area contributed by atoms with Gasteiger partial charge in [-0.05, 0) is 158 Å². The Bertz CT molecular complexity index is 2180. The lowest BCUT2D eigenvalue weighted by atomic mass is 10.1. The van der Waals surface area contributed by atoms with Gasteiger partial charge in [-0.1, -0.05) is 23.7 Å². The minimum atomic E-state index is 0.805. The van der Waals surface area contributed by atoms with Gasteiger partial charge in [0.05, 0.1) is 38.2 Å². The quantitative estimate of drug-likeness (QED) is 0.130. The summed E-state index contributed by atoms with van der Waals surface area (Å²) < 4.78 is 21.6. The first-order valence-electron chi connectivity index (χ1n) is 17.5. The van der Waals surface area contributed by atoms with Crippen molar-refractivity contribution >= 4 is 45.5 Å². The van der Waals surface area contributed by atoms with Crippen LogP contribution in [0.2, 0.25) is 0 Å². The zero-order valence-corrected chi connectivity index (χ0v) is 31.8. The summed E-state index contributed by atoms with van der Waals surface area (Å²) in [6.45, 7) is 0. The second-order valence-corrected chi connectivity index (χ2v) is 13.3. The molecule has 7 aromatic rings. The van der Waals surface area contributed by atoms with E-state index >= 15 is 0 Å². The Morgan fingerprint density at radius 1 is 0.309 bits per heavy atom. The first-order chi connectivity index (χ1) is 27.0. The van der Waals surface area contributed by atoms with Gasteiger partial charge in [-0.25, -0.2) is 0 Å². The molecule has 1 aromatic heterocycles. The summed E-state index contributed by atoms with van der Waals surface area (Å²) >= 11 is 1.58. The first-order valence-corrected chi connectivity index (χ1v) is 18.4. The Morgan fingerprint density at radius 3 is 0.782 bits per heavy atom. The van der Waals surface area contributed by atoms with Gasteiger partial charge >= 0.3 is 0 Å². The number of hydrogen-bond donors (Lipinski definition) is 0. The summed E-state index contributed by atoms with van der Waals surface area (Å²) in [5.74, 6) is 16.5. The predicted octanol–water partition coefficient (Wildman–Crippen LogP) is 11.5. The highest BCUT2D eigenvalue weighted by Crippen LogP contribution is 2.37. The summed E-state index contributed by atoms with van der Waals surface area (Å²) in [5, 5.41) is 0. The molecule has 0 spiro atoms. The molecule has 0 amide bonds. The molecule has 0 fully saturated rings. The topological polar surface area (TPSA) is 43.4 Å². The average Bonchev–Trinajstić information content (AvgIpc) is 3.72. The van der Waals surface area contributed by atoms with E-state index in [1.807, 2.05) is 133 Å². The van der Waals surface area contributed by atoms with Crippen LogP contribution in [0.3, 0.4) is 0 Å². The molecule has 0 saturated carbocycles. The summed E-state index contributed by atoms with van der Waals surface area (Å²) in [7, 11) is 6.68. The molecule has 270 valence electrons. The Morgan fingerprint density at radius 2 is 0.545 bits per heavy atom. The number of anilines is 6. The van der Waals surface area contributed by atoms with Crippen LogP contribution in [0, 0.1) is 23.7 Å². The fraction of sp³-hybridized carbons (Fsp3) is 0.0833. The number of methoxy groups -OCH3 is 4. The maximum absolute atomic E-state index is 5.39. The van der Waals surface area contributed by atoms with Crippen LogP contribution in [0.5, 0.6) is 23.0 Å². The summed E-state index contributed by atoms with van der Waals surface area (Å²) in [6.07, 6.45) is 0. The van der Waals surface area contributed by atoms with Crippen molar-refractivity contribution in [2.75, 3.05) is 38.2 Å². The van der Waals surface area contributed by atoms with E-state index in [0.29, 0.717) is 0 Å². The Balaban J connectivity index is 1.06. The molecule has 0 bridgehead atoms. The molecule has 0 aliphatic carbocycles. The average molecular weight is 739 g/mol. The van der Waals surface area contributed by atoms with Crippen molar-refractivity contribution in [3.63, 3.8) is 0 Å². The van der Waals surface area contributed by atoms with Crippen molar-refractivity contribution in [1.82, 2.24) is 0 Å². The number of nitrogens with zero attached hydrogens (tertiary/aromatic N) is 2. The molecular weight excluding hydrogens is 701 g/mol. The van der Waals surface area contributed by atoms with E-state index in [-0.39, 0.29) is 0 Å². The Kier molecular flexibility index (Phi) is 11.3. The molecule has 6 aromatic carbocycles. The van der Waals surface area contributed by atoms with E-state index in [1.165, 1.54) is 0 Å². The van der Waals surface area contributed by atoms with Gasteiger partial charge in [0.2, 0.25) is 0 Å². The van der Waals surface area contributed by atoms with E-state index in [4.69, 9.17) is 18.9 Å². The molecule has 6 nitrogen and oxygen atoms in total.